The molecular weight excluding hydrogens is 432 g/mol. The Balaban J connectivity index is 1.65. The summed E-state index contributed by atoms with van der Waals surface area (Å²) in [5.41, 5.74) is 3.45. The first-order valence-electron chi connectivity index (χ1n) is 9.93. The number of terminal acetylenes is 1. The number of carbonyl (C=O) groups excluding carboxylic acids is 3. The molecule has 9 heteroatoms. The zero-order chi connectivity index (χ0) is 23.0. The van der Waals surface area contributed by atoms with Gasteiger partial charge in [0.1, 0.15) is 12.6 Å². The molecule has 164 valence electrons. The Morgan fingerprint density at radius 1 is 1.16 bits per heavy atom. The van der Waals surface area contributed by atoms with Gasteiger partial charge in [-0.3, -0.25) is 23.9 Å². The normalized spacial score (nSPS) is 18.3. The Hall–Kier alpha value is -3.48. The number of carbonyl (C=O) groups is 3. The van der Waals surface area contributed by atoms with Crippen LogP contribution in [0.5, 0.6) is 0 Å². The van der Waals surface area contributed by atoms with Gasteiger partial charge in [0.05, 0.1) is 4.90 Å². The molecule has 4 rings (SSSR count). The average Bonchev–Trinajstić information content (AvgIpc) is 3.08. The highest BCUT2D eigenvalue weighted by Crippen LogP contribution is 2.33. The maximum atomic E-state index is 12.9. The minimum Gasteiger partial charge on any atom is -0.322 e. The summed E-state index contributed by atoms with van der Waals surface area (Å²) in [6, 6.07) is 9.18. The van der Waals surface area contributed by atoms with Crippen LogP contribution in [0.4, 0.5) is 0 Å². The molecule has 0 radical (unpaired) electrons. The molecule has 1 unspecified atom stereocenters. The van der Waals surface area contributed by atoms with Crippen molar-refractivity contribution in [3.63, 3.8) is 0 Å². The lowest BCUT2D eigenvalue weighted by Gasteiger charge is -2.29. The molecule has 2 heterocycles. The Bertz CT molecular complexity index is 1290. The van der Waals surface area contributed by atoms with E-state index in [1.54, 1.807) is 18.2 Å². The van der Waals surface area contributed by atoms with Gasteiger partial charge in [-0.25, -0.2) is 0 Å². The molecular formula is C23H20N2O6S. The molecule has 1 saturated heterocycles. The smallest absolute Gasteiger partial charge is 0.297 e. The molecule has 2 aromatic carbocycles. The molecule has 0 aliphatic carbocycles. The van der Waals surface area contributed by atoms with E-state index < -0.39 is 22.1 Å². The zero-order valence-corrected chi connectivity index (χ0v) is 18.1. The number of aryl methyl sites for hydroxylation is 1. The van der Waals surface area contributed by atoms with Gasteiger partial charge in [-0.2, -0.15) is 8.42 Å². The lowest BCUT2D eigenvalue weighted by molar-refractivity contribution is -0.136. The summed E-state index contributed by atoms with van der Waals surface area (Å²) in [6.45, 7) is 1.72. The summed E-state index contributed by atoms with van der Waals surface area (Å²) in [4.78, 5) is 38.0. The van der Waals surface area contributed by atoms with Crippen molar-refractivity contribution in [1.82, 2.24) is 10.2 Å². The highest BCUT2D eigenvalue weighted by atomic mass is 32.2. The summed E-state index contributed by atoms with van der Waals surface area (Å²) in [5, 5.41) is 2.28. The second kappa shape index (κ2) is 8.22. The Morgan fingerprint density at radius 2 is 1.94 bits per heavy atom. The van der Waals surface area contributed by atoms with Crippen LogP contribution in [0, 0.1) is 19.3 Å². The number of piperidine rings is 1. The highest BCUT2D eigenvalue weighted by molar-refractivity contribution is 7.86. The Morgan fingerprint density at radius 3 is 2.66 bits per heavy atom. The standard InChI is InChI=1S/C23H20N2O6S/c1-3-10-31-32(29,30)17-6-4-14(2)19(12-17)15-5-7-18-16(11-15)13-25(23(18)28)20-8-9-21(26)24-22(20)27/h1,4-7,11-12,20H,8-10,13H2,2H3,(H,24,26,27). The van der Waals surface area contributed by atoms with Crippen LogP contribution in [-0.4, -0.2) is 43.7 Å². The van der Waals surface area contributed by atoms with Crippen molar-refractivity contribution in [3.8, 4) is 23.5 Å². The van der Waals surface area contributed by atoms with Crippen LogP contribution in [0.1, 0.15) is 34.3 Å². The predicted molar refractivity (Wildman–Crippen MR) is 115 cm³/mol. The van der Waals surface area contributed by atoms with Crippen molar-refractivity contribution in [3.05, 3.63) is 53.1 Å². The van der Waals surface area contributed by atoms with E-state index >= 15 is 0 Å². The third-order valence-corrected chi connectivity index (χ3v) is 6.89. The van der Waals surface area contributed by atoms with E-state index in [0.717, 1.165) is 16.7 Å². The first-order valence-corrected chi connectivity index (χ1v) is 11.3. The van der Waals surface area contributed by atoms with E-state index in [1.807, 2.05) is 13.0 Å². The quantitative estimate of drug-likeness (QED) is 0.421. The fourth-order valence-electron chi connectivity index (χ4n) is 3.99. The molecule has 0 saturated carbocycles. The Labute approximate surface area is 185 Å². The molecule has 2 aliphatic heterocycles. The number of nitrogens with one attached hydrogen (secondary N) is 1. The molecule has 0 aromatic heterocycles. The van der Waals surface area contributed by atoms with E-state index in [4.69, 9.17) is 10.6 Å². The lowest BCUT2D eigenvalue weighted by atomic mass is 9.97. The van der Waals surface area contributed by atoms with Crippen LogP contribution in [0.15, 0.2) is 41.3 Å². The van der Waals surface area contributed by atoms with Crippen LogP contribution in [0.25, 0.3) is 11.1 Å². The van der Waals surface area contributed by atoms with Crippen LogP contribution < -0.4 is 5.32 Å². The van der Waals surface area contributed by atoms with Crippen molar-refractivity contribution in [2.75, 3.05) is 6.61 Å². The van der Waals surface area contributed by atoms with Crippen LogP contribution in [-0.2, 0) is 30.4 Å². The average molecular weight is 452 g/mol. The summed E-state index contributed by atoms with van der Waals surface area (Å²) < 4.78 is 29.5. The van der Waals surface area contributed by atoms with Gasteiger partial charge in [0.2, 0.25) is 11.8 Å². The summed E-state index contributed by atoms with van der Waals surface area (Å²) in [6.07, 6.45) is 5.56. The van der Waals surface area contributed by atoms with Crippen LogP contribution in [0.3, 0.4) is 0 Å². The van der Waals surface area contributed by atoms with E-state index in [9.17, 15) is 22.8 Å². The number of benzene rings is 2. The molecule has 1 atom stereocenters. The van der Waals surface area contributed by atoms with Crippen molar-refractivity contribution in [2.24, 2.45) is 0 Å². The highest BCUT2D eigenvalue weighted by Gasteiger charge is 2.39. The lowest BCUT2D eigenvalue weighted by Crippen LogP contribution is -2.52. The third-order valence-electron chi connectivity index (χ3n) is 5.63. The third kappa shape index (κ3) is 3.90. The molecule has 0 spiro atoms. The topological polar surface area (TPSA) is 110 Å². The maximum absolute atomic E-state index is 12.9. The van der Waals surface area contributed by atoms with Gasteiger partial charge in [0.25, 0.3) is 16.0 Å². The SMILES string of the molecule is C#CCOS(=O)(=O)c1ccc(C)c(-c2ccc3c(c2)CN(C2CCC(=O)NC2=O)C3=O)c1. The summed E-state index contributed by atoms with van der Waals surface area (Å²) in [5.74, 6) is 1.06. The minimum atomic E-state index is -4.00. The number of hydrogen-bond acceptors (Lipinski definition) is 6. The molecule has 0 bridgehead atoms. The van der Waals surface area contributed by atoms with Crippen LogP contribution >= 0.6 is 0 Å². The number of rotatable bonds is 5. The Kier molecular flexibility index (Phi) is 5.59. The maximum Gasteiger partial charge on any atom is 0.297 e. The van der Waals surface area contributed by atoms with Crippen molar-refractivity contribution >= 4 is 27.8 Å². The first-order chi connectivity index (χ1) is 15.2. The van der Waals surface area contributed by atoms with Crippen molar-refractivity contribution in [2.45, 2.75) is 37.2 Å². The number of imide groups is 1. The van der Waals surface area contributed by atoms with Crippen LogP contribution in [0.2, 0.25) is 0 Å². The second-order valence-electron chi connectivity index (χ2n) is 7.67. The number of hydrogen-bond donors (Lipinski definition) is 1. The predicted octanol–water partition coefficient (Wildman–Crippen LogP) is 1.76. The molecule has 32 heavy (non-hydrogen) atoms. The molecule has 3 amide bonds. The molecule has 1 fully saturated rings. The van der Waals surface area contributed by atoms with Gasteiger partial charge >= 0.3 is 0 Å². The van der Waals surface area contributed by atoms with Gasteiger partial charge in [-0.15, -0.1) is 6.42 Å². The molecule has 2 aromatic rings. The van der Waals surface area contributed by atoms with E-state index in [2.05, 4.69) is 11.2 Å². The van der Waals surface area contributed by atoms with E-state index in [0.29, 0.717) is 11.1 Å². The zero-order valence-electron chi connectivity index (χ0n) is 17.3. The molecule has 1 N–H and O–H groups in total. The van der Waals surface area contributed by atoms with Crippen molar-refractivity contribution < 1.29 is 27.0 Å². The van der Waals surface area contributed by atoms with Gasteiger partial charge in [0.15, 0.2) is 0 Å². The van der Waals surface area contributed by atoms with Gasteiger partial charge in [-0.05, 0) is 59.9 Å². The molecule has 2 aliphatic rings. The number of nitrogens with zero attached hydrogens (tertiary/aromatic N) is 1. The molecule has 8 nitrogen and oxygen atoms in total. The van der Waals surface area contributed by atoms with E-state index in [1.165, 1.54) is 17.0 Å². The van der Waals surface area contributed by atoms with Gasteiger partial charge in [0, 0.05) is 18.5 Å². The summed E-state index contributed by atoms with van der Waals surface area (Å²) >= 11 is 0. The fourth-order valence-corrected chi connectivity index (χ4v) is 4.85. The first kappa shape index (κ1) is 21.7. The van der Waals surface area contributed by atoms with Crippen molar-refractivity contribution in [1.29, 1.82) is 0 Å². The largest absolute Gasteiger partial charge is 0.322 e. The second-order valence-corrected chi connectivity index (χ2v) is 9.28. The monoisotopic (exact) mass is 452 g/mol. The van der Waals surface area contributed by atoms with Gasteiger partial charge in [-0.1, -0.05) is 18.1 Å². The van der Waals surface area contributed by atoms with E-state index in [-0.39, 0.29) is 42.7 Å². The van der Waals surface area contributed by atoms with Gasteiger partial charge < -0.3 is 4.90 Å². The number of fused-ring (bicyclic) bond motifs is 1. The minimum absolute atomic E-state index is 0.0184. The summed E-state index contributed by atoms with van der Waals surface area (Å²) in [7, 11) is -4.00. The fraction of sp³-hybridized carbons (Fsp3) is 0.261. The number of amides is 3.